The molecule has 2 heterocycles. The van der Waals surface area contributed by atoms with E-state index in [1.165, 1.54) is 0 Å². The third kappa shape index (κ3) is 2.27. The van der Waals surface area contributed by atoms with Gasteiger partial charge in [0.1, 0.15) is 11.4 Å². The fourth-order valence-electron chi connectivity index (χ4n) is 1.42. The highest BCUT2D eigenvalue weighted by atomic mass is 16.5. The summed E-state index contributed by atoms with van der Waals surface area (Å²) in [4.78, 5) is 4.25. The first-order valence-electron chi connectivity index (χ1n) is 5.05. The van der Waals surface area contributed by atoms with E-state index in [9.17, 15) is 0 Å². The minimum Gasteiger partial charge on any atom is -0.464 e. The molecule has 0 aliphatic heterocycles. The third-order valence-electron chi connectivity index (χ3n) is 2.12. The van der Waals surface area contributed by atoms with Crippen molar-refractivity contribution >= 4 is 16.8 Å². The molecular formula is C11H14N2O2. The second-order valence-corrected chi connectivity index (χ2v) is 3.12. The Hall–Kier alpha value is -1.55. The fourth-order valence-corrected chi connectivity index (χ4v) is 1.42. The number of pyridine rings is 1. The predicted octanol–water partition coefficient (Wildman–Crippen LogP) is 2.28. The molecule has 4 nitrogen and oxygen atoms in total. The molecule has 0 spiro atoms. The number of anilines is 1. The van der Waals surface area contributed by atoms with Crippen LogP contribution in [0.3, 0.4) is 0 Å². The largest absolute Gasteiger partial charge is 0.464 e. The van der Waals surface area contributed by atoms with Crippen LogP contribution in [0.15, 0.2) is 29.0 Å². The summed E-state index contributed by atoms with van der Waals surface area (Å²) in [7, 11) is 0. The van der Waals surface area contributed by atoms with Crippen molar-refractivity contribution in [1.29, 1.82) is 0 Å². The van der Waals surface area contributed by atoms with Crippen molar-refractivity contribution in [2.24, 2.45) is 0 Å². The van der Waals surface area contributed by atoms with Crippen molar-refractivity contribution in [2.45, 2.75) is 6.92 Å². The van der Waals surface area contributed by atoms with Crippen molar-refractivity contribution in [3.63, 3.8) is 0 Å². The molecule has 4 heteroatoms. The number of nitrogens with one attached hydrogen (secondary N) is 1. The standard InChI is InChI=1S/C11H14N2O2/c1-2-14-8-6-13-11-9-4-7-15-10(9)3-5-12-11/h3-5,7H,2,6,8H2,1H3,(H,12,13). The van der Waals surface area contributed by atoms with Crippen LogP contribution < -0.4 is 5.32 Å². The molecule has 2 aromatic rings. The van der Waals surface area contributed by atoms with E-state index < -0.39 is 0 Å². The van der Waals surface area contributed by atoms with Crippen LogP contribution >= 0.6 is 0 Å². The number of aromatic nitrogens is 1. The number of rotatable bonds is 5. The second-order valence-electron chi connectivity index (χ2n) is 3.12. The molecule has 1 N–H and O–H groups in total. The van der Waals surface area contributed by atoms with Gasteiger partial charge in [0.2, 0.25) is 0 Å². The Kier molecular flexibility index (Phi) is 3.19. The predicted molar refractivity (Wildman–Crippen MR) is 59.0 cm³/mol. The zero-order chi connectivity index (χ0) is 10.5. The van der Waals surface area contributed by atoms with E-state index >= 15 is 0 Å². The van der Waals surface area contributed by atoms with Gasteiger partial charge in [0.05, 0.1) is 18.3 Å². The van der Waals surface area contributed by atoms with E-state index in [2.05, 4.69) is 10.3 Å². The van der Waals surface area contributed by atoms with Gasteiger partial charge in [0, 0.05) is 19.3 Å². The first-order chi connectivity index (χ1) is 7.42. The number of fused-ring (bicyclic) bond motifs is 1. The number of ether oxygens (including phenoxy) is 1. The SMILES string of the molecule is CCOCCNc1nccc2occc12. The van der Waals surface area contributed by atoms with Crippen molar-refractivity contribution < 1.29 is 9.15 Å². The molecule has 15 heavy (non-hydrogen) atoms. The Balaban J connectivity index is 2.04. The molecule has 0 atom stereocenters. The number of hydrogen-bond acceptors (Lipinski definition) is 4. The maximum Gasteiger partial charge on any atom is 0.139 e. The van der Waals surface area contributed by atoms with Gasteiger partial charge in [-0.1, -0.05) is 0 Å². The Morgan fingerprint density at radius 2 is 2.40 bits per heavy atom. The molecular weight excluding hydrogens is 192 g/mol. The smallest absolute Gasteiger partial charge is 0.139 e. The minimum atomic E-state index is 0.687. The Bertz CT molecular complexity index is 425. The van der Waals surface area contributed by atoms with Gasteiger partial charge in [-0.3, -0.25) is 0 Å². The molecule has 0 saturated heterocycles. The molecule has 80 valence electrons. The highest BCUT2D eigenvalue weighted by molar-refractivity contribution is 5.87. The molecule has 0 aromatic carbocycles. The monoisotopic (exact) mass is 206 g/mol. The second kappa shape index (κ2) is 4.79. The molecule has 0 bridgehead atoms. The van der Waals surface area contributed by atoms with E-state index in [1.54, 1.807) is 12.5 Å². The van der Waals surface area contributed by atoms with Crippen molar-refractivity contribution in [1.82, 2.24) is 4.98 Å². The van der Waals surface area contributed by atoms with Crippen molar-refractivity contribution in [3.05, 3.63) is 24.6 Å². The molecule has 0 aliphatic carbocycles. The van der Waals surface area contributed by atoms with Gasteiger partial charge in [-0.25, -0.2) is 4.98 Å². The molecule has 0 radical (unpaired) electrons. The highest BCUT2D eigenvalue weighted by Gasteiger charge is 2.02. The lowest BCUT2D eigenvalue weighted by Gasteiger charge is -2.05. The molecule has 2 rings (SSSR count). The molecule has 0 fully saturated rings. The summed E-state index contributed by atoms with van der Waals surface area (Å²) in [5.41, 5.74) is 0.851. The van der Waals surface area contributed by atoms with E-state index in [-0.39, 0.29) is 0 Å². The van der Waals surface area contributed by atoms with Crippen LogP contribution in [0.1, 0.15) is 6.92 Å². The quantitative estimate of drug-likeness (QED) is 0.762. The van der Waals surface area contributed by atoms with Crippen LogP contribution in [0, 0.1) is 0 Å². The average molecular weight is 206 g/mol. The van der Waals surface area contributed by atoms with Crippen LogP contribution in [0.2, 0.25) is 0 Å². The fraction of sp³-hybridized carbons (Fsp3) is 0.364. The number of nitrogens with zero attached hydrogens (tertiary/aromatic N) is 1. The normalized spacial score (nSPS) is 10.7. The van der Waals surface area contributed by atoms with Gasteiger partial charge >= 0.3 is 0 Å². The van der Waals surface area contributed by atoms with E-state index in [1.807, 2.05) is 19.1 Å². The first-order valence-corrected chi connectivity index (χ1v) is 5.05. The van der Waals surface area contributed by atoms with Crippen molar-refractivity contribution in [2.75, 3.05) is 25.1 Å². The lowest BCUT2D eigenvalue weighted by atomic mass is 10.3. The highest BCUT2D eigenvalue weighted by Crippen LogP contribution is 2.21. The maximum atomic E-state index is 5.27. The van der Waals surface area contributed by atoms with E-state index in [0.717, 1.165) is 29.9 Å². The Morgan fingerprint density at radius 3 is 3.27 bits per heavy atom. The summed E-state index contributed by atoms with van der Waals surface area (Å²) in [5, 5.41) is 4.22. The van der Waals surface area contributed by atoms with Gasteiger partial charge in [-0.2, -0.15) is 0 Å². The third-order valence-corrected chi connectivity index (χ3v) is 2.12. The molecule has 0 aliphatic rings. The first kappa shape index (κ1) is 9.98. The average Bonchev–Trinajstić information content (AvgIpc) is 2.73. The topological polar surface area (TPSA) is 47.3 Å². The van der Waals surface area contributed by atoms with Gasteiger partial charge in [0.15, 0.2) is 0 Å². The zero-order valence-electron chi connectivity index (χ0n) is 8.69. The zero-order valence-corrected chi connectivity index (χ0v) is 8.69. The Morgan fingerprint density at radius 1 is 1.47 bits per heavy atom. The van der Waals surface area contributed by atoms with Gasteiger partial charge < -0.3 is 14.5 Å². The molecule has 0 amide bonds. The lowest BCUT2D eigenvalue weighted by Crippen LogP contribution is -2.10. The summed E-state index contributed by atoms with van der Waals surface area (Å²) in [5.74, 6) is 0.848. The van der Waals surface area contributed by atoms with Gasteiger partial charge in [0.25, 0.3) is 0 Å². The molecule has 0 saturated carbocycles. The van der Waals surface area contributed by atoms with Crippen LogP contribution in [0.25, 0.3) is 11.0 Å². The van der Waals surface area contributed by atoms with E-state index in [4.69, 9.17) is 9.15 Å². The van der Waals surface area contributed by atoms with Crippen LogP contribution in [-0.2, 0) is 4.74 Å². The van der Waals surface area contributed by atoms with Crippen LogP contribution in [-0.4, -0.2) is 24.7 Å². The summed E-state index contributed by atoms with van der Waals surface area (Å²) in [6.07, 6.45) is 3.40. The summed E-state index contributed by atoms with van der Waals surface area (Å²) < 4.78 is 10.5. The summed E-state index contributed by atoms with van der Waals surface area (Å²) in [6, 6.07) is 3.76. The van der Waals surface area contributed by atoms with Gasteiger partial charge in [-0.05, 0) is 19.1 Å². The number of hydrogen-bond donors (Lipinski definition) is 1. The summed E-state index contributed by atoms with van der Waals surface area (Å²) >= 11 is 0. The van der Waals surface area contributed by atoms with Crippen molar-refractivity contribution in [3.8, 4) is 0 Å². The molecule has 2 aromatic heterocycles. The Labute approximate surface area is 88.3 Å². The van der Waals surface area contributed by atoms with Crippen LogP contribution in [0.4, 0.5) is 5.82 Å². The summed E-state index contributed by atoms with van der Waals surface area (Å²) in [6.45, 7) is 4.16. The van der Waals surface area contributed by atoms with E-state index in [0.29, 0.717) is 6.61 Å². The van der Waals surface area contributed by atoms with Gasteiger partial charge in [-0.15, -0.1) is 0 Å². The lowest BCUT2D eigenvalue weighted by molar-refractivity contribution is 0.158. The molecule has 0 unspecified atom stereocenters. The minimum absolute atomic E-state index is 0.687. The number of furan rings is 1. The maximum absolute atomic E-state index is 5.27. The van der Waals surface area contributed by atoms with Crippen LogP contribution in [0.5, 0.6) is 0 Å².